The quantitative estimate of drug-likeness (QED) is 0.800. The number of aliphatic hydroxyl groups is 1. The van der Waals surface area contributed by atoms with Crippen LogP contribution in [0, 0.1) is 0 Å². The third kappa shape index (κ3) is 3.92. The summed E-state index contributed by atoms with van der Waals surface area (Å²) in [7, 11) is 0. The molecule has 0 fully saturated rings. The number of rotatable bonds is 5. The van der Waals surface area contributed by atoms with Crippen LogP contribution in [0.2, 0.25) is 0 Å². The highest BCUT2D eigenvalue weighted by atomic mass is 16.6. The van der Waals surface area contributed by atoms with Crippen molar-refractivity contribution in [1.29, 1.82) is 0 Å². The molecule has 0 spiro atoms. The van der Waals surface area contributed by atoms with Crippen molar-refractivity contribution in [1.82, 2.24) is 0 Å². The van der Waals surface area contributed by atoms with Crippen molar-refractivity contribution in [2.45, 2.75) is 31.2 Å². The summed E-state index contributed by atoms with van der Waals surface area (Å²) in [5.74, 6) is -1.14. The molecule has 1 N–H and O–H groups in total. The number of carbonyl (C=O) groups is 2. The minimum Gasteiger partial charge on any atom is -0.490 e. The van der Waals surface area contributed by atoms with Crippen LogP contribution in [0.15, 0.2) is 73.0 Å². The maximum Gasteiger partial charge on any atom is 0.338 e. The molecule has 1 aliphatic rings. The zero-order chi connectivity index (χ0) is 20.2. The van der Waals surface area contributed by atoms with Gasteiger partial charge in [-0.2, -0.15) is 0 Å². The molecule has 1 unspecified atom stereocenters. The highest BCUT2D eigenvalue weighted by Crippen LogP contribution is 2.37. The first kappa shape index (κ1) is 19.6. The average Bonchev–Trinajstić information content (AvgIpc) is 2.70. The fourth-order valence-corrected chi connectivity index (χ4v) is 2.89. The molecule has 0 aliphatic carbocycles. The maximum atomic E-state index is 12.6. The Morgan fingerprint density at radius 1 is 0.964 bits per heavy atom. The molecule has 6 heteroatoms. The lowest BCUT2D eigenvalue weighted by Gasteiger charge is -2.46. The SMILES string of the molecule is C[C@@]1(O)C=COC(COC(=O)c2ccccc2)[C@@]1(C)OC(=O)c1ccccc1. The van der Waals surface area contributed by atoms with E-state index in [-0.39, 0.29) is 6.61 Å². The smallest absolute Gasteiger partial charge is 0.338 e. The summed E-state index contributed by atoms with van der Waals surface area (Å²) in [5.41, 5.74) is -2.27. The van der Waals surface area contributed by atoms with Crippen molar-refractivity contribution in [3.8, 4) is 0 Å². The Morgan fingerprint density at radius 2 is 1.50 bits per heavy atom. The highest BCUT2D eigenvalue weighted by molar-refractivity contribution is 5.90. The molecule has 0 amide bonds. The van der Waals surface area contributed by atoms with E-state index >= 15 is 0 Å². The van der Waals surface area contributed by atoms with Crippen LogP contribution in [0.25, 0.3) is 0 Å². The molecule has 0 radical (unpaired) electrons. The molecule has 2 aromatic carbocycles. The van der Waals surface area contributed by atoms with E-state index in [2.05, 4.69) is 0 Å². The molecule has 1 heterocycles. The van der Waals surface area contributed by atoms with E-state index < -0.39 is 29.2 Å². The van der Waals surface area contributed by atoms with Crippen LogP contribution in [0.3, 0.4) is 0 Å². The fraction of sp³-hybridized carbons (Fsp3) is 0.273. The Labute approximate surface area is 163 Å². The Balaban J connectivity index is 1.77. The second-order valence-electron chi connectivity index (χ2n) is 6.90. The summed E-state index contributed by atoms with van der Waals surface area (Å²) in [6, 6.07) is 17.0. The van der Waals surface area contributed by atoms with Crippen LogP contribution < -0.4 is 0 Å². The van der Waals surface area contributed by atoms with Gasteiger partial charge in [0.15, 0.2) is 11.7 Å². The van der Waals surface area contributed by atoms with Crippen LogP contribution in [-0.2, 0) is 14.2 Å². The van der Waals surface area contributed by atoms with Crippen molar-refractivity contribution in [2.75, 3.05) is 6.61 Å². The zero-order valence-electron chi connectivity index (χ0n) is 15.7. The summed E-state index contributed by atoms with van der Waals surface area (Å²) < 4.78 is 16.6. The van der Waals surface area contributed by atoms with Gasteiger partial charge in [-0.25, -0.2) is 9.59 Å². The predicted octanol–water partition coefficient (Wildman–Crippen LogP) is 3.12. The first-order valence-electron chi connectivity index (χ1n) is 8.89. The van der Waals surface area contributed by atoms with Crippen molar-refractivity contribution in [3.63, 3.8) is 0 Å². The standard InChI is InChI=1S/C22H22O6/c1-21(25)13-14-26-18(15-27-19(23)16-9-5-3-6-10-16)22(21,2)28-20(24)17-11-7-4-8-12-17/h3-14,18,25H,15H2,1-2H3/t18?,21-,22-/m1/s1. The van der Waals surface area contributed by atoms with Crippen molar-refractivity contribution in [3.05, 3.63) is 84.1 Å². The number of ether oxygens (including phenoxy) is 3. The van der Waals surface area contributed by atoms with Gasteiger partial charge in [-0.15, -0.1) is 0 Å². The van der Waals surface area contributed by atoms with E-state index in [1.165, 1.54) is 19.3 Å². The Hall–Kier alpha value is -3.12. The lowest BCUT2D eigenvalue weighted by Crippen LogP contribution is -2.62. The molecule has 28 heavy (non-hydrogen) atoms. The predicted molar refractivity (Wildman–Crippen MR) is 102 cm³/mol. The normalized spacial score (nSPS) is 26.2. The summed E-state index contributed by atoms with van der Waals surface area (Å²) in [4.78, 5) is 24.8. The van der Waals surface area contributed by atoms with Gasteiger partial charge in [0.25, 0.3) is 0 Å². The fourth-order valence-electron chi connectivity index (χ4n) is 2.89. The summed E-state index contributed by atoms with van der Waals surface area (Å²) in [6.07, 6.45) is 1.83. The molecule has 0 saturated carbocycles. The molecule has 1 aliphatic heterocycles. The molecule has 3 atom stereocenters. The summed E-state index contributed by atoms with van der Waals surface area (Å²) in [5, 5.41) is 10.9. The van der Waals surface area contributed by atoms with E-state index in [9.17, 15) is 14.7 Å². The highest BCUT2D eigenvalue weighted by Gasteiger charge is 2.55. The molecule has 0 bridgehead atoms. The van der Waals surface area contributed by atoms with Crippen molar-refractivity contribution >= 4 is 11.9 Å². The molecular formula is C22H22O6. The zero-order valence-corrected chi connectivity index (χ0v) is 15.7. The van der Waals surface area contributed by atoms with Crippen LogP contribution in [0.1, 0.15) is 34.6 Å². The van der Waals surface area contributed by atoms with Crippen molar-refractivity contribution in [2.24, 2.45) is 0 Å². The third-order valence-corrected chi connectivity index (χ3v) is 4.94. The maximum absolute atomic E-state index is 12.6. The van der Waals surface area contributed by atoms with Gasteiger partial charge in [-0.05, 0) is 44.2 Å². The topological polar surface area (TPSA) is 82.1 Å². The molecule has 146 valence electrons. The van der Waals surface area contributed by atoms with Gasteiger partial charge in [-0.3, -0.25) is 0 Å². The van der Waals surface area contributed by atoms with E-state index in [1.54, 1.807) is 67.6 Å². The largest absolute Gasteiger partial charge is 0.490 e. The number of benzene rings is 2. The van der Waals surface area contributed by atoms with Gasteiger partial charge in [0.2, 0.25) is 0 Å². The van der Waals surface area contributed by atoms with E-state index in [0.717, 1.165) is 0 Å². The van der Waals surface area contributed by atoms with Crippen LogP contribution in [-0.4, -0.2) is 41.0 Å². The van der Waals surface area contributed by atoms with Gasteiger partial charge >= 0.3 is 11.9 Å². The minimum atomic E-state index is -1.53. The second-order valence-corrected chi connectivity index (χ2v) is 6.90. The summed E-state index contributed by atoms with van der Waals surface area (Å²) in [6.45, 7) is 2.86. The molecule has 0 aromatic heterocycles. The van der Waals surface area contributed by atoms with E-state index in [4.69, 9.17) is 14.2 Å². The Kier molecular flexibility index (Phi) is 5.51. The van der Waals surface area contributed by atoms with Gasteiger partial charge in [0.05, 0.1) is 17.4 Å². The Morgan fingerprint density at radius 3 is 2.07 bits per heavy atom. The lowest BCUT2D eigenvalue weighted by molar-refractivity contribution is -0.190. The third-order valence-electron chi connectivity index (χ3n) is 4.94. The van der Waals surface area contributed by atoms with Crippen LogP contribution in [0.5, 0.6) is 0 Å². The monoisotopic (exact) mass is 382 g/mol. The van der Waals surface area contributed by atoms with Gasteiger partial charge < -0.3 is 19.3 Å². The second kappa shape index (κ2) is 7.86. The molecule has 3 rings (SSSR count). The number of esters is 2. The van der Waals surface area contributed by atoms with Crippen molar-refractivity contribution < 1.29 is 28.9 Å². The first-order chi connectivity index (χ1) is 13.3. The molecular weight excluding hydrogens is 360 g/mol. The first-order valence-corrected chi connectivity index (χ1v) is 8.89. The van der Waals surface area contributed by atoms with Gasteiger partial charge in [0, 0.05) is 0 Å². The number of carbonyl (C=O) groups excluding carboxylic acids is 2. The molecule has 6 nitrogen and oxygen atoms in total. The average molecular weight is 382 g/mol. The van der Waals surface area contributed by atoms with E-state index in [1.807, 2.05) is 0 Å². The number of hydrogen-bond acceptors (Lipinski definition) is 6. The van der Waals surface area contributed by atoms with Crippen LogP contribution in [0.4, 0.5) is 0 Å². The molecule has 2 aromatic rings. The van der Waals surface area contributed by atoms with Crippen LogP contribution >= 0.6 is 0 Å². The number of hydrogen-bond donors (Lipinski definition) is 1. The molecule has 0 saturated heterocycles. The minimum absolute atomic E-state index is 0.202. The summed E-state index contributed by atoms with van der Waals surface area (Å²) >= 11 is 0. The Bertz CT molecular complexity index is 859. The lowest BCUT2D eigenvalue weighted by atomic mass is 9.79. The van der Waals surface area contributed by atoms with Gasteiger partial charge in [-0.1, -0.05) is 36.4 Å². The van der Waals surface area contributed by atoms with E-state index in [0.29, 0.717) is 11.1 Å². The van der Waals surface area contributed by atoms with Gasteiger partial charge in [0.1, 0.15) is 12.2 Å².